The van der Waals surface area contributed by atoms with Crippen LogP contribution in [0.25, 0.3) is 11.1 Å². The molecule has 0 spiro atoms. The summed E-state index contributed by atoms with van der Waals surface area (Å²) in [4.78, 5) is 27.0. The Kier molecular flexibility index (Phi) is 6.85. The SMILES string of the molecule is C[C@@H](NC(=O)C1CCN(C(=O)Nc2ccccc2)CC1)c1ccc(-c2ccccc2)cc1. The molecular weight excluding hydrogens is 398 g/mol. The number of rotatable bonds is 5. The van der Waals surface area contributed by atoms with E-state index in [1.54, 1.807) is 4.90 Å². The van der Waals surface area contributed by atoms with E-state index in [1.807, 2.05) is 55.5 Å². The van der Waals surface area contributed by atoms with E-state index < -0.39 is 0 Å². The molecule has 164 valence electrons. The van der Waals surface area contributed by atoms with Gasteiger partial charge in [0.2, 0.25) is 5.91 Å². The highest BCUT2D eigenvalue weighted by Crippen LogP contribution is 2.23. The topological polar surface area (TPSA) is 61.4 Å². The van der Waals surface area contributed by atoms with Crippen LogP contribution >= 0.6 is 0 Å². The number of urea groups is 1. The Morgan fingerprint density at radius 3 is 2.00 bits per heavy atom. The first-order chi connectivity index (χ1) is 15.6. The molecule has 1 atom stereocenters. The van der Waals surface area contributed by atoms with Crippen LogP contribution in [0, 0.1) is 5.92 Å². The van der Waals surface area contributed by atoms with E-state index in [-0.39, 0.29) is 23.9 Å². The monoisotopic (exact) mass is 427 g/mol. The van der Waals surface area contributed by atoms with Crippen molar-refractivity contribution in [2.75, 3.05) is 18.4 Å². The summed E-state index contributed by atoms with van der Waals surface area (Å²) in [6, 6.07) is 27.8. The van der Waals surface area contributed by atoms with Crippen LogP contribution in [0.1, 0.15) is 31.4 Å². The summed E-state index contributed by atoms with van der Waals surface area (Å²) >= 11 is 0. The summed E-state index contributed by atoms with van der Waals surface area (Å²) in [5, 5.41) is 6.06. The third kappa shape index (κ3) is 5.35. The van der Waals surface area contributed by atoms with E-state index in [9.17, 15) is 9.59 Å². The van der Waals surface area contributed by atoms with Crippen LogP contribution in [-0.2, 0) is 4.79 Å². The minimum atomic E-state index is -0.109. The smallest absolute Gasteiger partial charge is 0.321 e. The molecule has 0 bridgehead atoms. The van der Waals surface area contributed by atoms with Crippen molar-refractivity contribution < 1.29 is 9.59 Å². The third-order valence-corrected chi connectivity index (χ3v) is 6.05. The lowest BCUT2D eigenvalue weighted by molar-refractivity contribution is -0.126. The molecule has 3 aromatic rings. The van der Waals surface area contributed by atoms with Gasteiger partial charge in [-0.15, -0.1) is 0 Å². The van der Waals surface area contributed by atoms with Crippen LogP contribution in [0.15, 0.2) is 84.9 Å². The van der Waals surface area contributed by atoms with Gasteiger partial charge in [0.1, 0.15) is 0 Å². The molecule has 1 saturated heterocycles. The molecule has 4 rings (SSSR count). The van der Waals surface area contributed by atoms with E-state index in [0.29, 0.717) is 25.9 Å². The Hall–Kier alpha value is -3.60. The zero-order valence-corrected chi connectivity index (χ0v) is 18.3. The van der Waals surface area contributed by atoms with Crippen LogP contribution in [0.2, 0.25) is 0 Å². The van der Waals surface area contributed by atoms with Gasteiger partial charge in [-0.05, 0) is 48.6 Å². The van der Waals surface area contributed by atoms with Crippen molar-refractivity contribution in [3.8, 4) is 11.1 Å². The van der Waals surface area contributed by atoms with Crippen LogP contribution in [0.4, 0.5) is 10.5 Å². The van der Waals surface area contributed by atoms with Crippen LogP contribution < -0.4 is 10.6 Å². The second-order valence-electron chi connectivity index (χ2n) is 8.28. The van der Waals surface area contributed by atoms with Gasteiger partial charge in [-0.1, -0.05) is 72.8 Å². The fourth-order valence-electron chi connectivity index (χ4n) is 4.08. The lowest BCUT2D eigenvalue weighted by atomic mass is 9.95. The van der Waals surface area contributed by atoms with Crippen molar-refractivity contribution in [2.45, 2.75) is 25.8 Å². The summed E-state index contributed by atoms with van der Waals surface area (Å²) in [5.74, 6) is -0.00503. The highest BCUT2D eigenvalue weighted by molar-refractivity contribution is 5.89. The number of likely N-dealkylation sites (tertiary alicyclic amines) is 1. The van der Waals surface area contributed by atoms with E-state index >= 15 is 0 Å². The number of nitrogens with zero attached hydrogens (tertiary/aromatic N) is 1. The second-order valence-corrected chi connectivity index (χ2v) is 8.28. The predicted octanol–water partition coefficient (Wildman–Crippen LogP) is 5.47. The molecule has 5 heteroatoms. The largest absolute Gasteiger partial charge is 0.349 e. The van der Waals surface area contributed by atoms with E-state index in [0.717, 1.165) is 16.8 Å². The second kappa shape index (κ2) is 10.1. The van der Waals surface area contributed by atoms with Gasteiger partial charge in [-0.2, -0.15) is 0 Å². The molecule has 2 N–H and O–H groups in total. The third-order valence-electron chi connectivity index (χ3n) is 6.05. The maximum atomic E-state index is 12.8. The van der Waals surface area contributed by atoms with Gasteiger partial charge < -0.3 is 15.5 Å². The molecule has 3 aromatic carbocycles. The first kappa shape index (κ1) is 21.6. The molecule has 0 saturated carbocycles. The van der Waals surface area contributed by atoms with Crippen molar-refractivity contribution in [3.63, 3.8) is 0 Å². The molecule has 32 heavy (non-hydrogen) atoms. The molecular formula is C27H29N3O2. The zero-order valence-electron chi connectivity index (χ0n) is 18.3. The molecule has 0 aromatic heterocycles. The quantitative estimate of drug-likeness (QED) is 0.567. The van der Waals surface area contributed by atoms with Gasteiger partial charge in [-0.25, -0.2) is 4.79 Å². The molecule has 1 aliphatic rings. The number of anilines is 1. The Labute approximate surface area is 189 Å². The molecule has 0 aliphatic carbocycles. The zero-order chi connectivity index (χ0) is 22.3. The minimum Gasteiger partial charge on any atom is -0.349 e. The van der Waals surface area contributed by atoms with E-state index in [4.69, 9.17) is 0 Å². The highest BCUT2D eigenvalue weighted by Gasteiger charge is 2.28. The number of nitrogens with one attached hydrogen (secondary N) is 2. The Morgan fingerprint density at radius 1 is 0.812 bits per heavy atom. The maximum Gasteiger partial charge on any atom is 0.321 e. The van der Waals surface area contributed by atoms with Crippen molar-refractivity contribution in [1.29, 1.82) is 0 Å². The summed E-state index contributed by atoms with van der Waals surface area (Å²) in [5.41, 5.74) is 4.20. The summed E-state index contributed by atoms with van der Waals surface area (Å²) in [7, 11) is 0. The summed E-state index contributed by atoms with van der Waals surface area (Å²) in [6.45, 7) is 3.17. The van der Waals surface area contributed by atoms with Crippen molar-refractivity contribution in [2.24, 2.45) is 5.92 Å². The minimum absolute atomic E-state index is 0.0627. The average Bonchev–Trinajstić information content (AvgIpc) is 2.85. The number of benzene rings is 3. The Morgan fingerprint density at radius 2 is 1.38 bits per heavy atom. The Balaban J connectivity index is 1.27. The van der Waals surface area contributed by atoms with Crippen molar-refractivity contribution >= 4 is 17.6 Å². The van der Waals surface area contributed by atoms with Gasteiger partial charge in [0.05, 0.1) is 6.04 Å². The number of piperidine rings is 1. The number of para-hydroxylation sites is 1. The van der Waals surface area contributed by atoms with Gasteiger partial charge in [0, 0.05) is 24.7 Å². The van der Waals surface area contributed by atoms with Crippen LogP contribution in [-0.4, -0.2) is 29.9 Å². The molecule has 1 heterocycles. The molecule has 1 fully saturated rings. The molecule has 0 unspecified atom stereocenters. The Bertz CT molecular complexity index is 1030. The van der Waals surface area contributed by atoms with Crippen LogP contribution in [0.3, 0.4) is 0 Å². The maximum absolute atomic E-state index is 12.8. The normalized spacial score (nSPS) is 15.1. The molecule has 3 amide bonds. The van der Waals surface area contributed by atoms with Gasteiger partial charge in [0.15, 0.2) is 0 Å². The number of carbonyl (C=O) groups excluding carboxylic acids is 2. The van der Waals surface area contributed by atoms with Crippen LogP contribution in [0.5, 0.6) is 0 Å². The number of hydrogen-bond acceptors (Lipinski definition) is 2. The van der Waals surface area contributed by atoms with Crippen molar-refractivity contribution in [3.05, 3.63) is 90.5 Å². The van der Waals surface area contributed by atoms with E-state index in [2.05, 4.69) is 47.0 Å². The lowest BCUT2D eigenvalue weighted by Gasteiger charge is -2.32. The predicted molar refractivity (Wildman–Crippen MR) is 128 cm³/mol. The average molecular weight is 428 g/mol. The molecule has 5 nitrogen and oxygen atoms in total. The van der Waals surface area contributed by atoms with Crippen molar-refractivity contribution in [1.82, 2.24) is 10.2 Å². The first-order valence-corrected chi connectivity index (χ1v) is 11.2. The van der Waals surface area contributed by atoms with Gasteiger partial charge in [-0.3, -0.25) is 4.79 Å². The van der Waals surface area contributed by atoms with E-state index in [1.165, 1.54) is 5.56 Å². The fraction of sp³-hybridized carbons (Fsp3) is 0.259. The van der Waals surface area contributed by atoms with Gasteiger partial charge >= 0.3 is 6.03 Å². The lowest BCUT2D eigenvalue weighted by Crippen LogP contribution is -2.44. The number of amides is 3. The number of hydrogen-bond donors (Lipinski definition) is 2. The summed E-state index contributed by atoms with van der Waals surface area (Å²) < 4.78 is 0. The van der Waals surface area contributed by atoms with Gasteiger partial charge in [0.25, 0.3) is 0 Å². The standard InChI is InChI=1S/C27H29N3O2/c1-20(21-12-14-23(15-13-21)22-8-4-2-5-9-22)28-26(31)24-16-18-30(19-17-24)27(32)29-25-10-6-3-7-11-25/h2-15,20,24H,16-19H2,1H3,(H,28,31)(H,29,32)/t20-/m1/s1. The molecule has 0 radical (unpaired) electrons. The number of carbonyl (C=O) groups is 2. The summed E-state index contributed by atoms with van der Waals surface area (Å²) in [6.07, 6.45) is 1.35. The first-order valence-electron chi connectivity index (χ1n) is 11.2. The highest BCUT2D eigenvalue weighted by atomic mass is 16.2. The molecule has 1 aliphatic heterocycles. The fourth-order valence-corrected chi connectivity index (χ4v) is 4.08.